The molecule has 4 nitrogen and oxygen atoms in total. The van der Waals surface area contributed by atoms with E-state index in [-0.39, 0.29) is 11.8 Å². The smallest absolute Gasteiger partial charge is 0.255 e. The van der Waals surface area contributed by atoms with Crippen molar-refractivity contribution in [1.29, 1.82) is 0 Å². The van der Waals surface area contributed by atoms with E-state index < -0.39 is 0 Å². The Bertz CT molecular complexity index is 738. The van der Waals surface area contributed by atoms with Crippen molar-refractivity contribution in [2.45, 2.75) is 33.6 Å². The minimum atomic E-state index is -0.216. The van der Waals surface area contributed by atoms with Crippen molar-refractivity contribution in [1.82, 2.24) is 5.32 Å². The van der Waals surface area contributed by atoms with Crippen LogP contribution in [0.15, 0.2) is 42.5 Å². The number of amides is 2. The van der Waals surface area contributed by atoms with E-state index in [1.807, 2.05) is 32.0 Å². The summed E-state index contributed by atoms with van der Waals surface area (Å²) >= 11 is 0. The fourth-order valence-corrected chi connectivity index (χ4v) is 2.36. The molecule has 4 heteroatoms. The van der Waals surface area contributed by atoms with E-state index in [1.165, 1.54) is 0 Å². The molecule has 0 bridgehead atoms. The molecule has 0 heterocycles. The highest BCUT2D eigenvalue weighted by Gasteiger charge is 2.11. The Kier molecular flexibility index (Phi) is 6.13. The van der Waals surface area contributed by atoms with E-state index in [4.69, 9.17) is 0 Å². The van der Waals surface area contributed by atoms with Crippen LogP contribution in [-0.4, -0.2) is 18.4 Å². The molecule has 126 valence electrons. The van der Waals surface area contributed by atoms with E-state index in [0.29, 0.717) is 17.7 Å². The van der Waals surface area contributed by atoms with Crippen LogP contribution < -0.4 is 10.6 Å². The molecule has 0 spiro atoms. The second kappa shape index (κ2) is 8.29. The number of carbonyl (C=O) groups excluding carboxylic acids is 2. The second-order valence-electron chi connectivity index (χ2n) is 5.89. The summed E-state index contributed by atoms with van der Waals surface area (Å²) in [5.41, 5.74) is 3.92. The van der Waals surface area contributed by atoms with Crippen molar-refractivity contribution in [3.8, 4) is 0 Å². The van der Waals surface area contributed by atoms with Gasteiger partial charge < -0.3 is 10.6 Å². The van der Waals surface area contributed by atoms with Crippen molar-refractivity contribution in [3.05, 3.63) is 64.7 Å². The average Bonchev–Trinajstić information content (AvgIpc) is 2.59. The van der Waals surface area contributed by atoms with Crippen LogP contribution in [0.25, 0.3) is 0 Å². The third-order valence-electron chi connectivity index (χ3n) is 4.06. The highest BCUT2D eigenvalue weighted by molar-refractivity contribution is 6.06. The lowest BCUT2D eigenvalue weighted by atomic mass is 10.1. The summed E-state index contributed by atoms with van der Waals surface area (Å²) in [7, 11) is 0. The molecule has 0 unspecified atom stereocenters. The van der Waals surface area contributed by atoms with Crippen molar-refractivity contribution in [2.75, 3.05) is 11.9 Å². The van der Waals surface area contributed by atoms with Crippen LogP contribution in [0.3, 0.4) is 0 Å². The molecule has 2 aromatic rings. The third kappa shape index (κ3) is 4.44. The van der Waals surface area contributed by atoms with Crippen LogP contribution in [0.1, 0.15) is 51.6 Å². The molecule has 0 aliphatic rings. The Morgan fingerprint density at radius 3 is 2.33 bits per heavy atom. The zero-order valence-electron chi connectivity index (χ0n) is 14.5. The van der Waals surface area contributed by atoms with Crippen molar-refractivity contribution < 1.29 is 9.59 Å². The van der Waals surface area contributed by atoms with Gasteiger partial charge in [-0.2, -0.15) is 0 Å². The van der Waals surface area contributed by atoms with E-state index in [2.05, 4.69) is 17.6 Å². The van der Waals surface area contributed by atoms with E-state index >= 15 is 0 Å². The van der Waals surface area contributed by atoms with E-state index in [9.17, 15) is 9.59 Å². The summed E-state index contributed by atoms with van der Waals surface area (Å²) in [6.45, 7) is 6.70. The molecule has 0 aliphatic heterocycles. The van der Waals surface area contributed by atoms with Gasteiger partial charge in [0.2, 0.25) is 0 Å². The van der Waals surface area contributed by atoms with Gasteiger partial charge in [-0.05, 0) is 55.7 Å². The summed E-state index contributed by atoms with van der Waals surface area (Å²) in [5, 5.41) is 5.78. The molecule has 2 N–H and O–H groups in total. The van der Waals surface area contributed by atoms with Crippen molar-refractivity contribution in [3.63, 3.8) is 0 Å². The molecule has 0 saturated carbocycles. The summed E-state index contributed by atoms with van der Waals surface area (Å²) in [4.78, 5) is 24.6. The third-order valence-corrected chi connectivity index (χ3v) is 4.06. The molecule has 2 amide bonds. The van der Waals surface area contributed by atoms with Gasteiger partial charge in [-0.3, -0.25) is 9.59 Å². The average molecular weight is 324 g/mol. The Balaban J connectivity index is 2.11. The number of aryl methyl sites for hydroxylation is 1. The summed E-state index contributed by atoms with van der Waals surface area (Å²) in [6, 6.07) is 12.6. The van der Waals surface area contributed by atoms with Gasteiger partial charge >= 0.3 is 0 Å². The number of hydrogen-bond donors (Lipinski definition) is 2. The highest BCUT2D eigenvalue weighted by atomic mass is 16.2. The lowest BCUT2D eigenvalue weighted by molar-refractivity contribution is 0.0953. The topological polar surface area (TPSA) is 58.2 Å². The van der Waals surface area contributed by atoms with Gasteiger partial charge in [0, 0.05) is 23.4 Å². The molecule has 0 fully saturated rings. The monoisotopic (exact) mass is 324 g/mol. The molecular weight excluding hydrogens is 300 g/mol. The van der Waals surface area contributed by atoms with E-state index in [0.717, 1.165) is 29.7 Å². The molecule has 0 radical (unpaired) electrons. The van der Waals surface area contributed by atoms with Gasteiger partial charge in [-0.25, -0.2) is 0 Å². The van der Waals surface area contributed by atoms with Gasteiger partial charge in [-0.1, -0.05) is 31.5 Å². The van der Waals surface area contributed by atoms with Crippen LogP contribution in [0.5, 0.6) is 0 Å². The Labute approximate surface area is 143 Å². The number of nitrogens with one attached hydrogen (secondary N) is 2. The molecule has 24 heavy (non-hydrogen) atoms. The lowest BCUT2D eigenvalue weighted by Crippen LogP contribution is -2.24. The molecule has 0 aliphatic carbocycles. The number of rotatable bonds is 6. The Hall–Kier alpha value is -2.62. The predicted octanol–water partition coefficient (Wildman–Crippen LogP) is 4.09. The van der Waals surface area contributed by atoms with Gasteiger partial charge in [0.25, 0.3) is 11.8 Å². The fourth-order valence-electron chi connectivity index (χ4n) is 2.36. The van der Waals surface area contributed by atoms with Crippen LogP contribution in [0, 0.1) is 13.8 Å². The minimum Gasteiger partial charge on any atom is -0.352 e. The molecular formula is C20H24N2O2. The first-order chi connectivity index (χ1) is 11.5. The summed E-state index contributed by atoms with van der Waals surface area (Å²) < 4.78 is 0. The fraction of sp³-hybridized carbons (Fsp3) is 0.300. The molecule has 2 aromatic carbocycles. The molecule has 2 rings (SSSR count). The SMILES string of the molecule is CCCCNC(=O)c1cccc(C(=O)Nc2cccc(C)c2C)c1. The normalized spacial score (nSPS) is 10.3. The van der Waals surface area contributed by atoms with Crippen molar-refractivity contribution in [2.24, 2.45) is 0 Å². The maximum Gasteiger partial charge on any atom is 0.255 e. The summed E-state index contributed by atoms with van der Waals surface area (Å²) in [6.07, 6.45) is 1.97. The number of carbonyl (C=O) groups is 2. The quantitative estimate of drug-likeness (QED) is 0.786. The lowest BCUT2D eigenvalue weighted by Gasteiger charge is -2.11. The summed E-state index contributed by atoms with van der Waals surface area (Å²) in [5.74, 6) is -0.364. The van der Waals surface area contributed by atoms with Crippen LogP contribution in [0.4, 0.5) is 5.69 Å². The Morgan fingerprint density at radius 1 is 0.958 bits per heavy atom. The van der Waals surface area contributed by atoms with Crippen LogP contribution in [0.2, 0.25) is 0 Å². The van der Waals surface area contributed by atoms with Gasteiger partial charge in [0.1, 0.15) is 0 Å². The van der Waals surface area contributed by atoms with Crippen molar-refractivity contribution >= 4 is 17.5 Å². The zero-order valence-corrected chi connectivity index (χ0v) is 14.5. The second-order valence-corrected chi connectivity index (χ2v) is 5.89. The van der Waals surface area contributed by atoms with Gasteiger partial charge in [0.15, 0.2) is 0 Å². The van der Waals surface area contributed by atoms with Gasteiger partial charge in [-0.15, -0.1) is 0 Å². The zero-order chi connectivity index (χ0) is 17.5. The number of unbranched alkanes of at least 4 members (excludes halogenated alkanes) is 1. The van der Waals surface area contributed by atoms with E-state index in [1.54, 1.807) is 24.3 Å². The predicted molar refractivity (Wildman–Crippen MR) is 97.6 cm³/mol. The van der Waals surface area contributed by atoms with Crippen LogP contribution >= 0.6 is 0 Å². The first-order valence-corrected chi connectivity index (χ1v) is 8.28. The van der Waals surface area contributed by atoms with Gasteiger partial charge in [0.05, 0.1) is 0 Å². The molecule has 0 aromatic heterocycles. The molecule has 0 saturated heterocycles. The maximum absolute atomic E-state index is 12.5. The Morgan fingerprint density at radius 2 is 1.62 bits per heavy atom. The number of hydrogen-bond acceptors (Lipinski definition) is 2. The largest absolute Gasteiger partial charge is 0.352 e. The first-order valence-electron chi connectivity index (χ1n) is 8.28. The first kappa shape index (κ1) is 17.7. The maximum atomic E-state index is 12.5. The number of benzene rings is 2. The van der Waals surface area contributed by atoms with Crippen LogP contribution in [-0.2, 0) is 0 Å². The molecule has 0 atom stereocenters. The minimum absolute atomic E-state index is 0.148. The standard InChI is InChI=1S/C20H24N2O2/c1-4-5-12-21-19(23)16-9-7-10-17(13-16)20(24)22-18-11-6-8-14(2)15(18)3/h6-11,13H,4-5,12H2,1-3H3,(H,21,23)(H,22,24). The number of anilines is 1. The highest BCUT2D eigenvalue weighted by Crippen LogP contribution is 2.19.